The first-order valence-electron chi connectivity index (χ1n) is 17.2. The topological polar surface area (TPSA) is 0 Å². The molecular formula is C45H42. The summed E-state index contributed by atoms with van der Waals surface area (Å²) in [6, 6.07) is 38.0. The molecule has 0 nitrogen and oxygen atoms in total. The summed E-state index contributed by atoms with van der Waals surface area (Å²) < 4.78 is 0. The highest BCUT2D eigenvalue weighted by Crippen LogP contribution is 2.48. The summed E-state index contributed by atoms with van der Waals surface area (Å²) in [6.45, 7) is 9.22. The van der Waals surface area contributed by atoms with Gasteiger partial charge in [-0.2, -0.15) is 0 Å². The minimum atomic E-state index is 1.02. The first-order chi connectivity index (χ1) is 22.1. The molecule has 0 heterocycles. The Hall–Kier alpha value is -4.42. The van der Waals surface area contributed by atoms with E-state index in [2.05, 4.69) is 125 Å². The lowest BCUT2D eigenvalue weighted by atomic mass is 9.80. The molecule has 1 aliphatic carbocycles. The third-order valence-electron chi connectivity index (χ3n) is 10.7. The van der Waals surface area contributed by atoms with Gasteiger partial charge < -0.3 is 0 Å². The zero-order valence-corrected chi connectivity index (χ0v) is 27.2. The second kappa shape index (κ2) is 11.2. The molecule has 0 saturated heterocycles. The Labute approximate surface area is 268 Å². The molecule has 7 aromatic rings. The van der Waals surface area contributed by atoms with Gasteiger partial charge in [-0.3, -0.25) is 0 Å². The maximum Gasteiger partial charge on any atom is -0.00143 e. The molecule has 8 rings (SSSR count). The molecular weight excluding hydrogens is 540 g/mol. The zero-order valence-electron chi connectivity index (χ0n) is 27.2. The van der Waals surface area contributed by atoms with Crippen LogP contribution in [0.3, 0.4) is 0 Å². The highest BCUT2D eigenvalue weighted by molar-refractivity contribution is 6.29. The Bertz CT molecular complexity index is 2060. The van der Waals surface area contributed by atoms with Gasteiger partial charge in [0.25, 0.3) is 0 Å². The third-order valence-corrected chi connectivity index (χ3v) is 10.7. The molecule has 45 heavy (non-hydrogen) atoms. The van der Waals surface area contributed by atoms with E-state index in [-0.39, 0.29) is 0 Å². The number of hydrogen-bond acceptors (Lipinski definition) is 0. The molecule has 7 aromatic carbocycles. The smallest absolute Gasteiger partial charge is 0.00143 e. The number of benzene rings is 7. The molecule has 0 spiro atoms. The molecule has 0 aromatic heterocycles. The van der Waals surface area contributed by atoms with E-state index in [4.69, 9.17) is 0 Å². The van der Waals surface area contributed by atoms with Gasteiger partial charge in [0.2, 0.25) is 0 Å². The van der Waals surface area contributed by atoms with Crippen molar-refractivity contribution >= 4 is 32.3 Å². The maximum atomic E-state index is 2.56. The van der Waals surface area contributed by atoms with Gasteiger partial charge in [0, 0.05) is 0 Å². The van der Waals surface area contributed by atoms with E-state index in [1.807, 2.05) is 0 Å². The number of aryl methyl sites for hydroxylation is 5. The molecule has 0 unspecified atom stereocenters. The van der Waals surface area contributed by atoms with E-state index in [0.717, 1.165) is 25.7 Å². The van der Waals surface area contributed by atoms with Crippen LogP contribution >= 0.6 is 0 Å². The highest BCUT2D eigenvalue weighted by Gasteiger charge is 2.22. The molecule has 0 N–H and O–H groups in total. The summed E-state index contributed by atoms with van der Waals surface area (Å²) in [5.74, 6) is 0. The molecule has 0 radical (unpaired) electrons. The molecule has 0 fully saturated rings. The first kappa shape index (κ1) is 28.1. The van der Waals surface area contributed by atoms with Gasteiger partial charge in [-0.25, -0.2) is 0 Å². The van der Waals surface area contributed by atoms with Crippen molar-refractivity contribution in [1.29, 1.82) is 0 Å². The summed E-state index contributed by atoms with van der Waals surface area (Å²) in [7, 11) is 0. The van der Waals surface area contributed by atoms with Gasteiger partial charge in [0.15, 0.2) is 0 Å². The Kier molecular flexibility index (Phi) is 6.98. The van der Waals surface area contributed by atoms with Crippen molar-refractivity contribution in [2.45, 2.75) is 72.6 Å². The lowest BCUT2D eigenvalue weighted by molar-refractivity contribution is 0.912. The minimum Gasteiger partial charge on any atom is -0.0617 e. The second-order valence-corrected chi connectivity index (χ2v) is 13.0. The van der Waals surface area contributed by atoms with Crippen molar-refractivity contribution in [1.82, 2.24) is 0 Å². The van der Waals surface area contributed by atoms with Gasteiger partial charge in [0.05, 0.1) is 0 Å². The second-order valence-electron chi connectivity index (χ2n) is 13.0. The van der Waals surface area contributed by atoms with Crippen LogP contribution in [0.1, 0.15) is 67.5 Å². The van der Waals surface area contributed by atoms with E-state index in [9.17, 15) is 0 Å². The van der Waals surface area contributed by atoms with Gasteiger partial charge in [-0.05, 0) is 162 Å². The molecule has 1 aliphatic rings. The van der Waals surface area contributed by atoms with Gasteiger partial charge >= 0.3 is 0 Å². The Morgan fingerprint density at radius 1 is 0.467 bits per heavy atom. The summed E-state index contributed by atoms with van der Waals surface area (Å²) in [5.41, 5.74) is 17.3. The van der Waals surface area contributed by atoms with E-state index in [1.165, 1.54) is 113 Å². The van der Waals surface area contributed by atoms with Crippen molar-refractivity contribution in [2.24, 2.45) is 0 Å². The predicted molar refractivity (Wildman–Crippen MR) is 196 cm³/mol. The van der Waals surface area contributed by atoms with Crippen molar-refractivity contribution in [3.8, 4) is 33.4 Å². The third kappa shape index (κ3) is 4.33. The predicted octanol–water partition coefficient (Wildman–Crippen LogP) is 12.3. The number of fused-ring (bicyclic) bond motifs is 1. The van der Waals surface area contributed by atoms with E-state index in [1.54, 1.807) is 5.56 Å². The van der Waals surface area contributed by atoms with Crippen molar-refractivity contribution in [3.05, 3.63) is 130 Å². The highest BCUT2D eigenvalue weighted by atomic mass is 14.3. The van der Waals surface area contributed by atoms with Gasteiger partial charge in [0.1, 0.15) is 0 Å². The summed E-state index contributed by atoms with van der Waals surface area (Å²) in [4.78, 5) is 0. The van der Waals surface area contributed by atoms with E-state index in [0.29, 0.717) is 0 Å². The van der Waals surface area contributed by atoms with Gasteiger partial charge in [-0.1, -0.05) is 107 Å². The van der Waals surface area contributed by atoms with Crippen molar-refractivity contribution in [3.63, 3.8) is 0 Å². The fourth-order valence-electron chi connectivity index (χ4n) is 8.55. The molecule has 0 aliphatic heterocycles. The number of hydrogen-bond donors (Lipinski definition) is 0. The van der Waals surface area contributed by atoms with Crippen LogP contribution in [-0.2, 0) is 38.5 Å². The number of rotatable bonds is 7. The van der Waals surface area contributed by atoms with Crippen LogP contribution in [0.2, 0.25) is 0 Å². The average molecular weight is 583 g/mol. The Morgan fingerprint density at radius 2 is 0.978 bits per heavy atom. The summed E-state index contributed by atoms with van der Waals surface area (Å²) >= 11 is 0. The van der Waals surface area contributed by atoms with Crippen LogP contribution in [0.5, 0.6) is 0 Å². The molecule has 0 amide bonds. The van der Waals surface area contributed by atoms with Crippen molar-refractivity contribution < 1.29 is 0 Å². The molecule has 0 heteroatoms. The standard InChI is InChI=1S/C45H42/c1-5-28-13-9-14-29(6-2)42(28)40-27-41(43-30(7-3)15-10-16-31(43)8-4)39-24-22-34-26-35(25-33-21-23-38(40)45(39)44(33)34)37-20-12-18-32-17-11-19-36(32)37/h9-10,12-16,18,20-27H,5-8,11,17,19H2,1-4H3. The minimum absolute atomic E-state index is 1.02. The van der Waals surface area contributed by atoms with E-state index >= 15 is 0 Å². The van der Waals surface area contributed by atoms with Crippen molar-refractivity contribution in [2.75, 3.05) is 0 Å². The lowest BCUT2D eigenvalue weighted by Crippen LogP contribution is -2.00. The molecule has 0 saturated carbocycles. The quantitative estimate of drug-likeness (QED) is 0.164. The lowest BCUT2D eigenvalue weighted by Gasteiger charge is -2.23. The fraction of sp³-hybridized carbons (Fsp3) is 0.244. The SMILES string of the molecule is CCc1cccc(CC)c1-c1cc(-c2c(CC)cccc2CC)c2ccc3cc(-c4cccc5c4CCC5)cc4ccc1c2c43. The Morgan fingerprint density at radius 3 is 1.49 bits per heavy atom. The normalized spacial score (nSPS) is 13.0. The van der Waals surface area contributed by atoms with Crippen LogP contribution < -0.4 is 0 Å². The Balaban J connectivity index is 1.52. The monoisotopic (exact) mass is 582 g/mol. The fourth-order valence-corrected chi connectivity index (χ4v) is 8.55. The summed E-state index contributed by atoms with van der Waals surface area (Å²) in [5, 5.41) is 8.27. The maximum absolute atomic E-state index is 2.56. The van der Waals surface area contributed by atoms with Crippen LogP contribution in [0.15, 0.2) is 97.1 Å². The van der Waals surface area contributed by atoms with Crippen LogP contribution in [-0.4, -0.2) is 0 Å². The van der Waals surface area contributed by atoms with Crippen LogP contribution in [0, 0.1) is 0 Å². The largest absolute Gasteiger partial charge is 0.0617 e. The average Bonchev–Trinajstić information content (AvgIpc) is 3.59. The summed E-state index contributed by atoms with van der Waals surface area (Å²) in [6.07, 6.45) is 7.77. The molecule has 222 valence electrons. The molecule has 0 bridgehead atoms. The van der Waals surface area contributed by atoms with Crippen LogP contribution in [0.25, 0.3) is 65.7 Å². The zero-order chi connectivity index (χ0) is 30.7. The first-order valence-corrected chi connectivity index (χ1v) is 17.2. The van der Waals surface area contributed by atoms with E-state index < -0.39 is 0 Å². The van der Waals surface area contributed by atoms with Gasteiger partial charge in [-0.15, -0.1) is 0 Å². The molecule has 0 atom stereocenters. The van der Waals surface area contributed by atoms with Crippen LogP contribution in [0.4, 0.5) is 0 Å².